The number of anilines is 3. The molecule has 1 N–H and O–H groups in total. The Bertz CT molecular complexity index is 1970. The predicted molar refractivity (Wildman–Crippen MR) is 196 cm³/mol. The Kier molecular flexibility index (Phi) is 8.34. The average molecular weight is 597 g/mol. The summed E-state index contributed by atoms with van der Waals surface area (Å²) in [7, 11) is 0. The van der Waals surface area contributed by atoms with Gasteiger partial charge in [-0.05, 0) is 60.7 Å². The van der Waals surface area contributed by atoms with E-state index in [0.717, 1.165) is 0 Å². The van der Waals surface area contributed by atoms with Crippen LogP contribution < -0.4 is 4.90 Å². The molecule has 2 nitrogen and oxygen atoms in total. The van der Waals surface area contributed by atoms with E-state index in [2.05, 4.69) is 180 Å². The van der Waals surface area contributed by atoms with Crippen LogP contribution in [0.4, 0.5) is 17.1 Å². The van der Waals surface area contributed by atoms with Gasteiger partial charge >= 0.3 is 0 Å². The number of hydrogen-bond donors (Lipinski definition) is 1. The van der Waals surface area contributed by atoms with E-state index in [1.165, 1.54) is 59.0 Å². The van der Waals surface area contributed by atoms with Crippen molar-refractivity contribution in [3.8, 4) is 0 Å². The van der Waals surface area contributed by atoms with E-state index in [-0.39, 0.29) is 0 Å². The minimum Gasteiger partial charge on any atom is -0.355 e. The molecule has 9 aromatic rings. The van der Waals surface area contributed by atoms with Gasteiger partial charge in [0.15, 0.2) is 0 Å². The van der Waals surface area contributed by atoms with Crippen molar-refractivity contribution < 1.29 is 0 Å². The Morgan fingerprint density at radius 2 is 0.622 bits per heavy atom. The second kappa shape index (κ2) is 13.3. The zero-order valence-electron chi connectivity index (χ0n) is 24.8. The fourth-order valence-corrected chi connectivity index (χ4v) is 6.76. The summed E-state index contributed by atoms with van der Waals surface area (Å²) >= 11 is 1.86. The summed E-state index contributed by atoms with van der Waals surface area (Å²) in [5.41, 5.74) is 5.92. The minimum atomic E-state index is 1.17. The summed E-state index contributed by atoms with van der Waals surface area (Å²) in [6.07, 6.45) is 0. The molecule has 0 spiro atoms. The fourth-order valence-electron chi connectivity index (χ4n) is 5.65. The first-order valence-corrected chi connectivity index (χ1v) is 15.9. The van der Waals surface area contributed by atoms with Gasteiger partial charge in [-0.3, -0.25) is 0 Å². The zero-order chi connectivity index (χ0) is 30.3. The third kappa shape index (κ3) is 6.21. The molecule has 0 bridgehead atoms. The van der Waals surface area contributed by atoms with Gasteiger partial charge in [0, 0.05) is 59.0 Å². The predicted octanol–water partition coefficient (Wildman–Crippen LogP) is 12.5. The maximum atomic E-state index is 3.38. The van der Waals surface area contributed by atoms with Crippen molar-refractivity contribution in [1.29, 1.82) is 0 Å². The number of H-pyrrole nitrogens is 1. The topological polar surface area (TPSA) is 19.0 Å². The molecule has 216 valence electrons. The van der Waals surface area contributed by atoms with Crippen LogP contribution >= 0.6 is 11.3 Å². The zero-order valence-corrected chi connectivity index (χ0v) is 25.6. The van der Waals surface area contributed by atoms with Gasteiger partial charge in [0.1, 0.15) is 0 Å². The van der Waals surface area contributed by atoms with Gasteiger partial charge < -0.3 is 9.88 Å². The number of fused-ring (bicyclic) bond motifs is 6. The van der Waals surface area contributed by atoms with Gasteiger partial charge in [0.25, 0.3) is 0 Å². The molecule has 2 aromatic heterocycles. The summed E-state index contributed by atoms with van der Waals surface area (Å²) in [6.45, 7) is 0. The lowest BCUT2D eigenvalue weighted by Gasteiger charge is -2.25. The molecule has 0 fully saturated rings. The quantitative estimate of drug-likeness (QED) is 0.215. The van der Waals surface area contributed by atoms with Crippen LogP contribution in [0.1, 0.15) is 0 Å². The van der Waals surface area contributed by atoms with E-state index in [0.29, 0.717) is 0 Å². The van der Waals surface area contributed by atoms with Crippen molar-refractivity contribution in [2.45, 2.75) is 0 Å². The Morgan fingerprint density at radius 1 is 0.311 bits per heavy atom. The molecular formula is C42H32N2S. The van der Waals surface area contributed by atoms with Gasteiger partial charge in [0.2, 0.25) is 0 Å². The minimum absolute atomic E-state index is 1.17. The molecular weight excluding hydrogens is 565 g/mol. The van der Waals surface area contributed by atoms with Crippen molar-refractivity contribution in [2.75, 3.05) is 4.90 Å². The molecule has 0 saturated heterocycles. The highest BCUT2D eigenvalue weighted by Gasteiger charge is 2.10. The lowest BCUT2D eigenvalue weighted by atomic mass is 10.2. The Balaban J connectivity index is 0.000000111. The highest BCUT2D eigenvalue weighted by Crippen LogP contribution is 2.34. The van der Waals surface area contributed by atoms with Crippen LogP contribution in [0.15, 0.2) is 188 Å². The summed E-state index contributed by atoms with van der Waals surface area (Å²) in [5, 5.41) is 5.36. The molecule has 0 saturated carbocycles. The third-order valence-corrected chi connectivity index (χ3v) is 8.89. The molecule has 0 unspecified atom stereocenters. The summed E-state index contributed by atoms with van der Waals surface area (Å²) < 4.78 is 2.76. The molecule has 45 heavy (non-hydrogen) atoms. The van der Waals surface area contributed by atoms with E-state index >= 15 is 0 Å². The molecule has 2 heterocycles. The summed E-state index contributed by atoms with van der Waals surface area (Å²) in [4.78, 5) is 5.63. The molecule has 3 heteroatoms. The highest BCUT2D eigenvalue weighted by molar-refractivity contribution is 7.25. The first-order chi connectivity index (χ1) is 22.3. The Morgan fingerprint density at radius 3 is 1.02 bits per heavy atom. The van der Waals surface area contributed by atoms with Crippen LogP contribution in [0.25, 0.3) is 42.0 Å². The van der Waals surface area contributed by atoms with Gasteiger partial charge in [0.05, 0.1) is 0 Å². The first-order valence-electron chi connectivity index (χ1n) is 15.1. The van der Waals surface area contributed by atoms with E-state index in [1.807, 2.05) is 29.5 Å². The second-order valence-corrected chi connectivity index (χ2v) is 11.7. The van der Waals surface area contributed by atoms with E-state index in [4.69, 9.17) is 0 Å². The number of thiophene rings is 1. The maximum absolute atomic E-state index is 3.38. The number of benzene rings is 7. The lowest BCUT2D eigenvalue weighted by molar-refractivity contribution is 1.28. The van der Waals surface area contributed by atoms with Crippen molar-refractivity contribution in [3.63, 3.8) is 0 Å². The van der Waals surface area contributed by atoms with Crippen LogP contribution in [-0.2, 0) is 0 Å². The standard InChI is InChI=1S/C18H15N.C12H9N.C12H8S/c1-4-10-16(11-5-1)19(17-12-6-2-7-13-17)18-14-8-3-9-15-18;2*1-3-7-11-9(5-1)10-6-2-4-8-12(10)13-11/h1-15H;1-8,13H;1-8H. The fraction of sp³-hybridized carbons (Fsp3) is 0. The molecule has 0 atom stereocenters. The summed E-state index contributed by atoms with van der Waals surface area (Å²) in [5.74, 6) is 0. The number of rotatable bonds is 3. The Hall–Kier alpha value is -5.64. The van der Waals surface area contributed by atoms with E-state index < -0.39 is 0 Å². The number of aromatic nitrogens is 1. The van der Waals surface area contributed by atoms with Crippen LogP contribution in [0, 0.1) is 0 Å². The number of para-hydroxylation sites is 5. The third-order valence-electron chi connectivity index (χ3n) is 7.74. The largest absolute Gasteiger partial charge is 0.355 e. The molecule has 0 aliphatic heterocycles. The van der Waals surface area contributed by atoms with E-state index in [9.17, 15) is 0 Å². The molecule has 0 radical (unpaired) electrons. The van der Waals surface area contributed by atoms with Gasteiger partial charge in [-0.15, -0.1) is 11.3 Å². The Labute approximate surface area is 267 Å². The molecule has 0 aliphatic rings. The second-order valence-electron chi connectivity index (χ2n) is 10.7. The summed E-state index contributed by atoms with van der Waals surface area (Å²) in [6, 6.07) is 65.1. The lowest BCUT2D eigenvalue weighted by Crippen LogP contribution is -2.09. The average Bonchev–Trinajstić information content (AvgIpc) is 3.69. The molecule has 0 aliphatic carbocycles. The smallest absolute Gasteiger partial charge is 0.0464 e. The van der Waals surface area contributed by atoms with E-state index in [1.54, 1.807) is 0 Å². The molecule has 7 aromatic carbocycles. The first kappa shape index (κ1) is 28.1. The van der Waals surface area contributed by atoms with Crippen molar-refractivity contribution >= 4 is 70.4 Å². The van der Waals surface area contributed by atoms with Crippen LogP contribution in [0.3, 0.4) is 0 Å². The number of nitrogens with one attached hydrogen (secondary N) is 1. The van der Waals surface area contributed by atoms with Gasteiger partial charge in [-0.25, -0.2) is 0 Å². The van der Waals surface area contributed by atoms with Crippen molar-refractivity contribution in [1.82, 2.24) is 4.98 Å². The monoisotopic (exact) mass is 596 g/mol. The van der Waals surface area contributed by atoms with Crippen LogP contribution in [0.2, 0.25) is 0 Å². The highest BCUT2D eigenvalue weighted by atomic mass is 32.1. The van der Waals surface area contributed by atoms with Crippen LogP contribution in [0.5, 0.6) is 0 Å². The van der Waals surface area contributed by atoms with Crippen LogP contribution in [-0.4, -0.2) is 4.98 Å². The normalized spacial score (nSPS) is 10.7. The number of aromatic amines is 1. The molecule has 9 rings (SSSR count). The van der Waals surface area contributed by atoms with Crippen molar-refractivity contribution in [3.05, 3.63) is 188 Å². The SMILES string of the molecule is c1ccc(N(c2ccccc2)c2ccccc2)cc1.c1ccc2c(c1)[nH]c1ccccc12.c1ccc2c(c1)sc1ccccc12. The molecule has 0 amide bonds. The number of nitrogens with zero attached hydrogens (tertiary/aromatic N) is 1. The van der Waals surface area contributed by atoms with Gasteiger partial charge in [-0.1, -0.05) is 127 Å². The van der Waals surface area contributed by atoms with Crippen molar-refractivity contribution in [2.24, 2.45) is 0 Å². The number of hydrogen-bond acceptors (Lipinski definition) is 2. The van der Waals surface area contributed by atoms with Gasteiger partial charge in [-0.2, -0.15) is 0 Å². The maximum Gasteiger partial charge on any atom is 0.0464 e.